The van der Waals surface area contributed by atoms with Crippen molar-refractivity contribution in [1.29, 1.82) is 0 Å². The molecule has 2 saturated carbocycles. The van der Waals surface area contributed by atoms with Gasteiger partial charge in [0.25, 0.3) is 0 Å². The molecule has 1 N–H and O–H groups in total. The number of rotatable bonds is 6. The molecule has 3 atom stereocenters. The average Bonchev–Trinajstić information content (AvgIpc) is 3.55. The molecule has 2 unspecified atom stereocenters. The van der Waals surface area contributed by atoms with Crippen molar-refractivity contribution in [3.63, 3.8) is 0 Å². The second-order valence-electron chi connectivity index (χ2n) is 10.7. The van der Waals surface area contributed by atoms with Crippen molar-refractivity contribution in [3.05, 3.63) is 41.0 Å². The molecule has 1 aliphatic heterocycles. The molecule has 4 heteroatoms. The number of fused-ring (bicyclic) bond motifs is 1. The molecule has 0 amide bonds. The highest BCUT2D eigenvalue weighted by Crippen LogP contribution is 2.55. The first-order valence-corrected chi connectivity index (χ1v) is 12.0. The molecule has 1 aromatic carbocycles. The fraction of sp³-hybridized carbons (Fsp3) is 0.667. The van der Waals surface area contributed by atoms with Crippen LogP contribution >= 0.6 is 0 Å². The minimum absolute atomic E-state index is 0.00278. The number of benzene rings is 1. The van der Waals surface area contributed by atoms with Gasteiger partial charge in [0.1, 0.15) is 5.75 Å². The lowest BCUT2D eigenvalue weighted by Gasteiger charge is -2.60. The van der Waals surface area contributed by atoms with Crippen LogP contribution in [0, 0.1) is 18.8 Å². The van der Waals surface area contributed by atoms with Crippen LogP contribution in [-0.4, -0.2) is 47.6 Å². The molecule has 31 heavy (non-hydrogen) atoms. The molecule has 170 valence electrons. The zero-order chi connectivity index (χ0) is 22.4. The highest BCUT2D eigenvalue weighted by Gasteiger charge is 2.62. The van der Waals surface area contributed by atoms with E-state index in [0.29, 0.717) is 18.8 Å². The van der Waals surface area contributed by atoms with Gasteiger partial charge in [-0.1, -0.05) is 26.0 Å². The second-order valence-corrected chi connectivity index (χ2v) is 10.7. The van der Waals surface area contributed by atoms with E-state index in [1.807, 2.05) is 6.07 Å². The van der Waals surface area contributed by atoms with E-state index in [1.54, 1.807) is 7.11 Å². The van der Waals surface area contributed by atoms with Crippen molar-refractivity contribution in [2.45, 2.75) is 83.3 Å². The summed E-state index contributed by atoms with van der Waals surface area (Å²) in [6, 6.07) is 6.11. The molecule has 2 aliphatic carbocycles. The molecule has 1 saturated heterocycles. The lowest BCUT2D eigenvalue weighted by Crippen LogP contribution is -2.70. The molecule has 3 fully saturated rings. The Bertz CT molecular complexity index is 871. The molecule has 1 aromatic rings. The Labute approximate surface area is 187 Å². The van der Waals surface area contributed by atoms with Gasteiger partial charge in [-0.2, -0.15) is 0 Å². The first-order chi connectivity index (χ1) is 14.7. The number of aliphatic hydroxyl groups is 1. The van der Waals surface area contributed by atoms with Gasteiger partial charge in [0.15, 0.2) is 5.78 Å². The van der Waals surface area contributed by atoms with E-state index < -0.39 is 11.0 Å². The number of aryl methyl sites for hydroxylation is 1. The maximum absolute atomic E-state index is 13.4. The fourth-order valence-corrected chi connectivity index (χ4v) is 5.93. The average molecular weight is 426 g/mol. The second kappa shape index (κ2) is 8.37. The van der Waals surface area contributed by atoms with Crippen LogP contribution in [0.3, 0.4) is 0 Å². The first-order valence-electron chi connectivity index (χ1n) is 12.0. The summed E-state index contributed by atoms with van der Waals surface area (Å²) in [5.41, 5.74) is 1.49. The molecule has 4 nitrogen and oxygen atoms in total. The van der Waals surface area contributed by atoms with Crippen LogP contribution in [-0.2, 0) is 10.2 Å². The Morgan fingerprint density at radius 2 is 2.03 bits per heavy atom. The van der Waals surface area contributed by atoms with E-state index in [2.05, 4.69) is 50.8 Å². The molecule has 0 aromatic heterocycles. The van der Waals surface area contributed by atoms with Crippen molar-refractivity contribution in [2.75, 3.05) is 20.2 Å². The van der Waals surface area contributed by atoms with E-state index in [0.717, 1.165) is 54.3 Å². The fourth-order valence-electron chi connectivity index (χ4n) is 5.93. The molecule has 0 spiro atoms. The van der Waals surface area contributed by atoms with Crippen LogP contribution in [0.1, 0.15) is 70.4 Å². The number of Topliss-reactive ketones (excluding diaryl/α,β-unsaturated/α-hetero) is 1. The number of hydrogen-bond donors (Lipinski definition) is 1. The third kappa shape index (κ3) is 3.98. The number of likely N-dealkylation sites (tertiary alicyclic amines) is 1. The Hall–Kier alpha value is -1.65. The SMILES string of the molecule is COc1ccc(C)c([C@]23CCN(CC4CC4)C(C)C2(O)C/C(=C\CC(C)C)C(=O)C3)c1. The van der Waals surface area contributed by atoms with Gasteiger partial charge in [0.2, 0.25) is 0 Å². The van der Waals surface area contributed by atoms with Crippen LogP contribution in [0.4, 0.5) is 0 Å². The van der Waals surface area contributed by atoms with Gasteiger partial charge in [-0.15, -0.1) is 0 Å². The number of carbonyl (C=O) groups excluding carboxylic acids is 1. The molecule has 1 heterocycles. The van der Waals surface area contributed by atoms with E-state index in [-0.39, 0.29) is 11.8 Å². The van der Waals surface area contributed by atoms with E-state index in [1.165, 1.54) is 12.8 Å². The van der Waals surface area contributed by atoms with Gasteiger partial charge in [-0.25, -0.2) is 0 Å². The maximum atomic E-state index is 13.4. The maximum Gasteiger partial charge on any atom is 0.159 e. The van der Waals surface area contributed by atoms with Gasteiger partial charge in [0.05, 0.1) is 12.7 Å². The largest absolute Gasteiger partial charge is 0.497 e. The summed E-state index contributed by atoms with van der Waals surface area (Å²) >= 11 is 0. The molecule has 3 aliphatic rings. The van der Waals surface area contributed by atoms with Crippen LogP contribution in [0.5, 0.6) is 5.75 Å². The first kappa shape index (κ1) is 22.5. The lowest BCUT2D eigenvalue weighted by molar-refractivity contribution is -0.155. The van der Waals surface area contributed by atoms with Crippen molar-refractivity contribution in [3.8, 4) is 5.75 Å². The number of allylic oxidation sites excluding steroid dienone is 1. The Kier molecular flexibility index (Phi) is 6.08. The Morgan fingerprint density at radius 3 is 2.68 bits per heavy atom. The lowest BCUT2D eigenvalue weighted by atomic mass is 9.52. The molecule has 0 bridgehead atoms. The van der Waals surface area contributed by atoms with Crippen molar-refractivity contribution < 1.29 is 14.6 Å². The van der Waals surface area contributed by atoms with E-state index >= 15 is 0 Å². The monoisotopic (exact) mass is 425 g/mol. The van der Waals surface area contributed by atoms with Crippen molar-refractivity contribution in [2.24, 2.45) is 11.8 Å². The summed E-state index contributed by atoms with van der Waals surface area (Å²) in [7, 11) is 1.68. The van der Waals surface area contributed by atoms with Gasteiger partial charge >= 0.3 is 0 Å². The minimum Gasteiger partial charge on any atom is -0.497 e. The van der Waals surface area contributed by atoms with Crippen LogP contribution in [0.15, 0.2) is 29.8 Å². The number of methoxy groups -OCH3 is 1. The molecular formula is C27H39NO3. The highest BCUT2D eigenvalue weighted by molar-refractivity contribution is 5.98. The zero-order valence-corrected chi connectivity index (χ0v) is 19.9. The Balaban J connectivity index is 1.80. The number of ketones is 1. The van der Waals surface area contributed by atoms with Gasteiger partial charge in [-0.3, -0.25) is 9.69 Å². The summed E-state index contributed by atoms with van der Waals surface area (Å²) in [5, 5.41) is 12.5. The topological polar surface area (TPSA) is 49.8 Å². The molecule has 4 rings (SSSR count). The highest BCUT2D eigenvalue weighted by atomic mass is 16.5. The van der Waals surface area contributed by atoms with Gasteiger partial charge in [0, 0.05) is 30.8 Å². The number of piperidine rings is 1. The quantitative estimate of drug-likeness (QED) is 0.665. The van der Waals surface area contributed by atoms with Gasteiger partial charge in [-0.05, 0) is 86.7 Å². The van der Waals surface area contributed by atoms with Crippen LogP contribution in [0.25, 0.3) is 0 Å². The van der Waals surface area contributed by atoms with Crippen LogP contribution < -0.4 is 4.74 Å². The summed E-state index contributed by atoms with van der Waals surface area (Å²) in [4.78, 5) is 15.9. The minimum atomic E-state index is -0.978. The summed E-state index contributed by atoms with van der Waals surface area (Å²) in [5.74, 6) is 2.27. The number of nitrogens with zero attached hydrogens (tertiary/aromatic N) is 1. The normalized spacial score (nSPS) is 33.1. The zero-order valence-electron chi connectivity index (χ0n) is 19.9. The smallest absolute Gasteiger partial charge is 0.159 e. The molecular weight excluding hydrogens is 386 g/mol. The Morgan fingerprint density at radius 1 is 1.29 bits per heavy atom. The summed E-state index contributed by atoms with van der Waals surface area (Å²) in [6.45, 7) is 10.6. The van der Waals surface area contributed by atoms with Gasteiger partial charge < -0.3 is 9.84 Å². The predicted octanol–water partition coefficient (Wildman–Crippen LogP) is 4.81. The standard InChI is InChI=1S/C27H39NO3/c1-18(2)6-10-22-15-27(30)20(4)28(17-21-8-9-21)13-12-26(27,16-25(22)29)24-14-23(31-5)11-7-19(24)3/h7,10-11,14,18,20-21,30H,6,8-9,12-13,15-17H2,1-5H3/b22-10+/t20?,26-,27?/m1/s1. The third-order valence-corrected chi connectivity index (χ3v) is 8.16. The van der Waals surface area contributed by atoms with E-state index in [4.69, 9.17) is 4.74 Å². The third-order valence-electron chi connectivity index (χ3n) is 8.16. The summed E-state index contributed by atoms with van der Waals surface area (Å²) < 4.78 is 5.54. The summed E-state index contributed by atoms with van der Waals surface area (Å²) in [6.07, 6.45) is 7.21. The number of carbonyl (C=O) groups is 1. The number of ether oxygens (including phenoxy) is 1. The van der Waals surface area contributed by atoms with Crippen LogP contribution in [0.2, 0.25) is 0 Å². The number of hydrogen-bond acceptors (Lipinski definition) is 4. The molecule has 0 radical (unpaired) electrons. The van der Waals surface area contributed by atoms with Crippen molar-refractivity contribution >= 4 is 5.78 Å². The predicted molar refractivity (Wildman–Crippen MR) is 125 cm³/mol. The van der Waals surface area contributed by atoms with Crippen molar-refractivity contribution in [1.82, 2.24) is 4.90 Å². The van der Waals surface area contributed by atoms with E-state index in [9.17, 15) is 9.90 Å².